The Bertz CT molecular complexity index is 372. The highest BCUT2D eigenvalue weighted by Gasteiger charge is 2.05. The molecule has 1 rings (SSSR count). The van der Waals surface area contributed by atoms with Crippen molar-refractivity contribution in [3.05, 3.63) is 46.4 Å². The van der Waals surface area contributed by atoms with Crippen LogP contribution in [0.25, 0.3) is 0 Å². The molecule has 0 heterocycles. The highest BCUT2D eigenvalue weighted by atomic mass is 16.7. The van der Waals surface area contributed by atoms with Gasteiger partial charge >= 0.3 is 0 Å². The molecule has 0 aliphatic heterocycles. The van der Waals surface area contributed by atoms with Crippen LogP contribution in [0.15, 0.2) is 35.7 Å². The van der Waals surface area contributed by atoms with Gasteiger partial charge in [-0.15, -0.1) is 4.91 Å². The summed E-state index contributed by atoms with van der Waals surface area (Å²) in [5, 5.41) is 2.41. The molecule has 0 N–H and O–H groups in total. The Hall–Kier alpha value is -1.64. The van der Waals surface area contributed by atoms with Gasteiger partial charge in [-0.05, 0) is 37.0 Å². The lowest BCUT2D eigenvalue weighted by Gasteiger charge is -2.09. The fourth-order valence-electron chi connectivity index (χ4n) is 1.50. The van der Waals surface area contributed by atoms with Crippen molar-refractivity contribution in [2.75, 3.05) is 0 Å². The first-order valence-corrected chi connectivity index (χ1v) is 4.92. The minimum absolute atomic E-state index is 0.368. The van der Waals surface area contributed by atoms with Gasteiger partial charge in [-0.1, -0.05) is 31.2 Å². The molecule has 3 heteroatoms. The molecule has 0 aromatic heterocycles. The Morgan fingerprint density at radius 3 is 2.73 bits per heavy atom. The van der Waals surface area contributed by atoms with Gasteiger partial charge in [0.2, 0.25) is 0 Å². The summed E-state index contributed by atoms with van der Waals surface area (Å²) in [6.45, 7) is 6.01. The summed E-state index contributed by atoms with van der Waals surface area (Å²) >= 11 is 0. The van der Waals surface area contributed by atoms with E-state index in [4.69, 9.17) is 0 Å². The van der Waals surface area contributed by atoms with E-state index in [1.54, 1.807) is 6.07 Å². The van der Waals surface area contributed by atoms with Gasteiger partial charge in [0, 0.05) is 0 Å². The molecule has 0 fully saturated rings. The van der Waals surface area contributed by atoms with E-state index in [0.717, 1.165) is 5.56 Å². The molecule has 0 saturated carbocycles. The van der Waals surface area contributed by atoms with Crippen LogP contribution in [0.4, 0.5) is 0 Å². The summed E-state index contributed by atoms with van der Waals surface area (Å²) in [6.07, 6.45) is 4.14. The average Bonchev–Trinajstić information content (AvgIpc) is 2.21. The third-order valence-electron chi connectivity index (χ3n) is 2.34. The lowest BCUT2D eigenvalue weighted by molar-refractivity contribution is 0.332. The predicted octanol–water partition coefficient (Wildman–Crippen LogP) is 3.73. The van der Waals surface area contributed by atoms with Gasteiger partial charge in [0.25, 0.3) is 0 Å². The first kappa shape index (κ1) is 11.4. The van der Waals surface area contributed by atoms with Crippen molar-refractivity contribution in [3.8, 4) is 5.75 Å². The van der Waals surface area contributed by atoms with Crippen LogP contribution in [0.3, 0.4) is 0 Å². The van der Waals surface area contributed by atoms with E-state index in [0.29, 0.717) is 11.7 Å². The van der Waals surface area contributed by atoms with Crippen LogP contribution in [0.1, 0.15) is 30.9 Å². The first-order valence-electron chi connectivity index (χ1n) is 4.92. The smallest absolute Gasteiger partial charge is 0.164 e. The maximum atomic E-state index is 9.96. The zero-order valence-electron chi connectivity index (χ0n) is 9.23. The number of aryl methyl sites for hydroxylation is 1. The van der Waals surface area contributed by atoms with Crippen LogP contribution in [-0.4, -0.2) is 0 Å². The molecule has 1 aromatic rings. The van der Waals surface area contributed by atoms with Crippen molar-refractivity contribution >= 4 is 0 Å². The van der Waals surface area contributed by atoms with E-state index in [1.165, 1.54) is 5.56 Å². The molecule has 80 valence electrons. The normalized spacial score (nSPS) is 12.7. The lowest BCUT2D eigenvalue weighted by atomic mass is 9.98. The zero-order chi connectivity index (χ0) is 11.3. The van der Waals surface area contributed by atoms with Crippen LogP contribution in [0.2, 0.25) is 0 Å². The van der Waals surface area contributed by atoms with E-state index in [1.807, 2.05) is 32.1 Å². The van der Waals surface area contributed by atoms with E-state index >= 15 is 0 Å². The summed E-state index contributed by atoms with van der Waals surface area (Å²) in [7, 11) is 0. The topological polar surface area (TPSA) is 38.7 Å². The van der Waals surface area contributed by atoms with Crippen LogP contribution in [-0.2, 0) is 0 Å². The monoisotopic (exact) mass is 205 g/mol. The van der Waals surface area contributed by atoms with E-state index < -0.39 is 0 Å². The Morgan fingerprint density at radius 1 is 1.47 bits per heavy atom. The molecular formula is C12H15NO2. The summed E-state index contributed by atoms with van der Waals surface area (Å²) in [5.74, 6) is 0.883. The van der Waals surface area contributed by atoms with Gasteiger partial charge < -0.3 is 4.84 Å². The van der Waals surface area contributed by atoms with Crippen LogP contribution >= 0.6 is 0 Å². The predicted molar refractivity (Wildman–Crippen MR) is 60.8 cm³/mol. The standard InChI is InChI=1S/C12H15NO2/c1-4-5-9(2)11-6-7-12(15-13-14)10(3)8-11/h4-9H,1-3H3/b5-4+. The quantitative estimate of drug-likeness (QED) is 0.426. The third-order valence-corrected chi connectivity index (χ3v) is 2.34. The molecule has 0 radical (unpaired) electrons. The van der Waals surface area contributed by atoms with Crippen molar-refractivity contribution < 1.29 is 4.84 Å². The highest BCUT2D eigenvalue weighted by molar-refractivity contribution is 5.38. The summed E-state index contributed by atoms with van der Waals surface area (Å²) in [4.78, 5) is 14.5. The summed E-state index contributed by atoms with van der Waals surface area (Å²) in [6, 6.07) is 5.72. The second kappa shape index (κ2) is 5.29. The third kappa shape index (κ3) is 2.91. The van der Waals surface area contributed by atoms with Crippen LogP contribution in [0.5, 0.6) is 5.75 Å². The Kier molecular flexibility index (Phi) is 4.03. The number of hydrogen-bond acceptors (Lipinski definition) is 3. The molecule has 1 atom stereocenters. The molecule has 3 nitrogen and oxygen atoms in total. The van der Waals surface area contributed by atoms with Gasteiger partial charge in [-0.25, -0.2) is 0 Å². The second-order valence-electron chi connectivity index (χ2n) is 3.51. The number of benzene rings is 1. The van der Waals surface area contributed by atoms with Crippen LogP contribution in [0, 0.1) is 11.8 Å². The molecule has 15 heavy (non-hydrogen) atoms. The Labute approximate surface area is 89.7 Å². The molecule has 0 aliphatic carbocycles. The molecule has 1 unspecified atom stereocenters. The van der Waals surface area contributed by atoms with E-state index in [-0.39, 0.29) is 0 Å². The maximum Gasteiger partial charge on any atom is 0.164 e. The number of hydrogen-bond donors (Lipinski definition) is 0. The minimum Gasteiger partial charge on any atom is -0.324 e. The van der Waals surface area contributed by atoms with Crippen molar-refractivity contribution in [1.29, 1.82) is 0 Å². The molecular weight excluding hydrogens is 190 g/mol. The SMILES string of the molecule is C/C=C/C(C)c1ccc(ON=O)c(C)c1. The maximum absolute atomic E-state index is 9.96. The van der Waals surface area contributed by atoms with Gasteiger partial charge in [0.05, 0.1) is 0 Å². The van der Waals surface area contributed by atoms with Crippen LogP contribution < -0.4 is 4.84 Å². The zero-order valence-corrected chi connectivity index (χ0v) is 9.23. The average molecular weight is 205 g/mol. The van der Waals surface area contributed by atoms with E-state index in [9.17, 15) is 4.91 Å². The van der Waals surface area contributed by atoms with Gasteiger partial charge in [-0.3, -0.25) is 0 Å². The summed E-state index contributed by atoms with van der Waals surface area (Å²) in [5.41, 5.74) is 2.12. The Morgan fingerprint density at radius 2 is 2.20 bits per heavy atom. The summed E-state index contributed by atoms with van der Waals surface area (Å²) < 4.78 is 0. The molecule has 0 saturated heterocycles. The van der Waals surface area contributed by atoms with Gasteiger partial charge in [0.1, 0.15) is 0 Å². The van der Waals surface area contributed by atoms with Gasteiger partial charge in [-0.2, -0.15) is 0 Å². The first-order chi connectivity index (χ1) is 7.19. The number of rotatable bonds is 4. The van der Waals surface area contributed by atoms with Crippen molar-refractivity contribution in [2.45, 2.75) is 26.7 Å². The van der Waals surface area contributed by atoms with Crippen molar-refractivity contribution in [2.24, 2.45) is 5.34 Å². The van der Waals surface area contributed by atoms with Crippen molar-refractivity contribution in [1.82, 2.24) is 0 Å². The molecule has 0 bridgehead atoms. The lowest BCUT2D eigenvalue weighted by Crippen LogP contribution is -1.92. The second-order valence-corrected chi connectivity index (χ2v) is 3.51. The molecule has 0 aliphatic rings. The van der Waals surface area contributed by atoms with Gasteiger partial charge in [0.15, 0.2) is 11.1 Å². The Balaban J connectivity index is 2.95. The number of nitrogens with zero attached hydrogens (tertiary/aromatic N) is 1. The molecule has 1 aromatic carbocycles. The minimum atomic E-state index is 0.368. The molecule has 0 amide bonds. The van der Waals surface area contributed by atoms with Crippen molar-refractivity contribution in [3.63, 3.8) is 0 Å². The largest absolute Gasteiger partial charge is 0.324 e. The van der Waals surface area contributed by atoms with E-state index in [2.05, 4.69) is 23.2 Å². The fourth-order valence-corrected chi connectivity index (χ4v) is 1.50. The fraction of sp³-hybridized carbons (Fsp3) is 0.333. The molecule has 0 spiro atoms. The number of allylic oxidation sites excluding steroid dienone is 2. The highest BCUT2D eigenvalue weighted by Crippen LogP contribution is 2.24.